The minimum Gasteiger partial charge on any atom is -0.378 e. The molecule has 2 aromatic rings. The molecule has 0 radical (unpaired) electrons. The molecular formula is C18H22N2. The van der Waals surface area contributed by atoms with Crippen LogP contribution in [0, 0.1) is 0 Å². The predicted molar refractivity (Wildman–Crippen MR) is 88.0 cm³/mol. The number of rotatable bonds is 6. The minimum atomic E-state index is 0.879. The van der Waals surface area contributed by atoms with Gasteiger partial charge < -0.3 is 10.2 Å². The van der Waals surface area contributed by atoms with Crippen LogP contribution >= 0.6 is 0 Å². The van der Waals surface area contributed by atoms with Crippen molar-refractivity contribution in [1.82, 2.24) is 5.32 Å². The molecule has 2 nitrogen and oxygen atoms in total. The van der Waals surface area contributed by atoms with Crippen molar-refractivity contribution in [1.29, 1.82) is 0 Å². The molecule has 0 saturated carbocycles. The van der Waals surface area contributed by atoms with E-state index in [0.29, 0.717) is 0 Å². The second kappa shape index (κ2) is 7.51. The zero-order valence-electron chi connectivity index (χ0n) is 12.2. The van der Waals surface area contributed by atoms with Crippen molar-refractivity contribution in [3.63, 3.8) is 0 Å². The van der Waals surface area contributed by atoms with Gasteiger partial charge in [-0.15, -0.1) is 0 Å². The summed E-state index contributed by atoms with van der Waals surface area (Å²) in [5.74, 6) is 0. The van der Waals surface area contributed by atoms with E-state index in [1.165, 1.54) is 16.8 Å². The molecule has 104 valence electrons. The van der Waals surface area contributed by atoms with Gasteiger partial charge in [-0.05, 0) is 23.3 Å². The van der Waals surface area contributed by atoms with Crippen molar-refractivity contribution >= 4 is 11.8 Å². The first-order valence-corrected chi connectivity index (χ1v) is 6.94. The molecule has 20 heavy (non-hydrogen) atoms. The highest BCUT2D eigenvalue weighted by atomic mass is 15.1. The van der Waals surface area contributed by atoms with E-state index in [-0.39, 0.29) is 0 Å². The van der Waals surface area contributed by atoms with E-state index < -0.39 is 0 Å². The third-order valence-corrected chi connectivity index (χ3v) is 3.15. The SMILES string of the molecule is CN(C)c1ccc(CNC/C=C/c2ccccc2)cc1. The van der Waals surface area contributed by atoms with Gasteiger partial charge in [0.15, 0.2) is 0 Å². The molecule has 2 aromatic carbocycles. The molecule has 0 atom stereocenters. The lowest BCUT2D eigenvalue weighted by molar-refractivity contribution is 0.761. The van der Waals surface area contributed by atoms with Gasteiger partial charge in [-0.1, -0.05) is 54.6 Å². The van der Waals surface area contributed by atoms with Crippen molar-refractivity contribution in [2.45, 2.75) is 6.54 Å². The van der Waals surface area contributed by atoms with Crippen LogP contribution < -0.4 is 10.2 Å². The summed E-state index contributed by atoms with van der Waals surface area (Å²) in [5, 5.41) is 3.42. The normalized spacial score (nSPS) is 10.9. The molecule has 0 aliphatic heterocycles. The Balaban J connectivity index is 1.74. The van der Waals surface area contributed by atoms with Gasteiger partial charge in [-0.25, -0.2) is 0 Å². The largest absolute Gasteiger partial charge is 0.378 e. The van der Waals surface area contributed by atoms with Gasteiger partial charge in [0.2, 0.25) is 0 Å². The average molecular weight is 266 g/mol. The van der Waals surface area contributed by atoms with E-state index in [4.69, 9.17) is 0 Å². The van der Waals surface area contributed by atoms with Crippen molar-refractivity contribution in [3.05, 3.63) is 71.8 Å². The zero-order valence-corrected chi connectivity index (χ0v) is 12.2. The number of hydrogen-bond acceptors (Lipinski definition) is 2. The van der Waals surface area contributed by atoms with E-state index in [9.17, 15) is 0 Å². The smallest absolute Gasteiger partial charge is 0.0361 e. The molecule has 0 spiro atoms. The summed E-state index contributed by atoms with van der Waals surface area (Å²) in [6.07, 6.45) is 4.30. The van der Waals surface area contributed by atoms with Gasteiger partial charge in [0, 0.05) is 32.9 Å². The van der Waals surface area contributed by atoms with Crippen molar-refractivity contribution < 1.29 is 0 Å². The summed E-state index contributed by atoms with van der Waals surface area (Å²) in [5.41, 5.74) is 3.78. The van der Waals surface area contributed by atoms with Crippen LogP contribution in [0.4, 0.5) is 5.69 Å². The number of hydrogen-bond donors (Lipinski definition) is 1. The Labute approximate surface area is 121 Å². The highest BCUT2D eigenvalue weighted by Crippen LogP contribution is 2.11. The quantitative estimate of drug-likeness (QED) is 0.804. The van der Waals surface area contributed by atoms with E-state index in [0.717, 1.165) is 13.1 Å². The summed E-state index contributed by atoms with van der Waals surface area (Å²) in [6.45, 7) is 1.77. The van der Waals surface area contributed by atoms with E-state index in [1.54, 1.807) is 0 Å². The van der Waals surface area contributed by atoms with Crippen LogP contribution in [0.1, 0.15) is 11.1 Å². The molecule has 0 bridgehead atoms. The molecule has 2 rings (SSSR count). The van der Waals surface area contributed by atoms with E-state index in [1.807, 2.05) is 6.07 Å². The summed E-state index contributed by atoms with van der Waals surface area (Å²) in [6, 6.07) is 19.0. The van der Waals surface area contributed by atoms with Gasteiger partial charge >= 0.3 is 0 Å². The van der Waals surface area contributed by atoms with Gasteiger partial charge in [-0.3, -0.25) is 0 Å². The van der Waals surface area contributed by atoms with E-state index in [2.05, 4.69) is 85.0 Å². The first kappa shape index (κ1) is 14.4. The second-order valence-electron chi connectivity index (χ2n) is 5.00. The lowest BCUT2D eigenvalue weighted by Gasteiger charge is -2.12. The Morgan fingerprint density at radius 1 is 0.950 bits per heavy atom. The van der Waals surface area contributed by atoms with Gasteiger partial charge in [0.1, 0.15) is 0 Å². The highest BCUT2D eigenvalue weighted by molar-refractivity contribution is 5.49. The van der Waals surface area contributed by atoms with E-state index >= 15 is 0 Å². The van der Waals surface area contributed by atoms with Crippen molar-refractivity contribution in [2.24, 2.45) is 0 Å². The summed E-state index contributed by atoms with van der Waals surface area (Å²) >= 11 is 0. The molecule has 0 aliphatic rings. The van der Waals surface area contributed by atoms with Crippen LogP contribution in [0.3, 0.4) is 0 Å². The maximum atomic E-state index is 3.42. The Morgan fingerprint density at radius 2 is 1.65 bits per heavy atom. The number of nitrogens with one attached hydrogen (secondary N) is 1. The Morgan fingerprint density at radius 3 is 2.30 bits per heavy atom. The predicted octanol–water partition coefficient (Wildman–Crippen LogP) is 3.56. The molecule has 0 aromatic heterocycles. The molecule has 0 fully saturated rings. The molecule has 2 heteroatoms. The fraction of sp³-hybridized carbons (Fsp3) is 0.222. The van der Waals surface area contributed by atoms with Crippen LogP contribution in [-0.2, 0) is 6.54 Å². The first-order chi connectivity index (χ1) is 9.75. The number of nitrogens with zero attached hydrogens (tertiary/aromatic N) is 1. The van der Waals surface area contributed by atoms with Gasteiger partial charge in [0.25, 0.3) is 0 Å². The molecule has 0 saturated heterocycles. The Bertz CT molecular complexity index is 527. The number of anilines is 1. The second-order valence-corrected chi connectivity index (χ2v) is 5.00. The molecule has 1 N–H and O–H groups in total. The first-order valence-electron chi connectivity index (χ1n) is 6.94. The van der Waals surface area contributed by atoms with Crippen LogP contribution in [0.5, 0.6) is 0 Å². The Hall–Kier alpha value is -2.06. The average Bonchev–Trinajstić information content (AvgIpc) is 2.48. The molecule has 0 amide bonds. The van der Waals surface area contributed by atoms with Crippen LogP contribution in [0.2, 0.25) is 0 Å². The minimum absolute atomic E-state index is 0.879. The molecule has 0 heterocycles. The summed E-state index contributed by atoms with van der Waals surface area (Å²) in [7, 11) is 4.11. The summed E-state index contributed by atoms with van der Waals surface area (Å²) in [4.78, 5) is 2.11. The fourth-order valence-electron chi connectivity index (χ4n) is 1.97. The van der Waals surface area contributed by atoms with Crippen LogP contribution in [0.15, 0.2) is 60.7 Å². The maximum absolute atomic E-state index is 3.42. The zero-order chi connectivity index (χ0) is 14.2. The third kappa shape index (κ3) is 4.56. The topological polar surface area (TPSA) is 15.3 Å². The van der Waals surface area contributed by atoms with Gasteiger partial charge in [-0.2, -0.15) is 0 Å². The molecular weight excluding hydrogens is 244 g/mol. The van der Waals surface area contributed by atoms with Crippen LogP contribution in [-0.4, -0.2) is 20.6 Å². The molecule has 0 unspecified atom stereocenters. The number of benzene rings is 2. The third-order valence-electron chi connectivity index (χ3n) is 3.15. The fourth-order valence-corrected chi connectivity index (χ4v) is 1.97. The van der Waals surface area contributed by atoms with Crippen LogP contribution in [0.25, 0.3) is 6.08 Å². The summed E-state index contributed by atoms with van der Waals surface area (Å²) < 4.78 is 0. The maximum Gasteiger partial charge on any atom is 0.0361 e. The monoisotopic (exact) mass is 266 g/mol. The van der Waals surface area contributed by atoms with Crippen molar-refractivity contribution in [2.75, 3.05) is 25.5 Å². The standard InChI is InChI=1S/C18H22N2/c1-20(2)18-12-10-17(11-13-18)15-19-14-6-9-16-7-4-3-5-8-16/h3-13,19H,14-15H2,1-2H3/b9-6+. The highest BCUT2D eigenvalue weighted by Gasteiger charge is 1.95. The van der Waals surface area contributed by atoms with Crippen molar-refractivity contribution in [3.8, 4) is 0 Å². The Kier molecular flexibility index (Phi) is 5.39. The lowest BCUT2D eigenvalue weighted by Crippen LogP contribution is -2.13. The van der Waals surface area contributed by atoms with Gasteiger partial charge in [0.05, 0.1) is 0 Å². The lowest BCUT2D eigenvalue weighted by atomic mass is 10.2. The molecule has 0 aliphatic carbocycles.